The van der Waals surface area contributed by atoms with Gasteiger partial charge < -0.3 is 19.3 Å². The van der Waals surface area contributed by atoms with Crippen LogP contribution in [0.15, 0.2) is 54.4 Å². The molecule has 0 unspecified atom stereocenters. The second-order valence-corrected chi connectivity index (χ2v) is 10.6. The summed E-state index contributed by atoms with van der Waals surface area (Å²) in [7, 11) is 1.80. The highest BCUT2D eigenvalue weighted by molar-refractivity contribution is 5.68. The highest BCUT2D eigenvalue weighted by Crippen LogP contribution is 2.40. The van der Waals surface area contributed by atoms with Crippen molar-refractivity contribution in [3.8, 4) is 0 Å². The van der Waals surface area contributed by atoms with Crippen LogP contribution in [0, 0.1) is 12.3 Å². The molecule has 1 fully saturated rings. The van der Waals surface area contributed by atoms with E-state index in [-0.39, 0.29) is 36.8 Å². The third kappa shape index (κ3) is 6.63. The number of alkyl halides is 2. The number of ether oxygens (including phenoxy) is 2. The molecule has 1 saturated heterocycles. The second-order valence-electron chi connectivity index (χ2n) is 10.6. The molecule has 2 heterocycles. The van der Waals surface area contributed by atoms with Crippen molar-refractivity contribution in [3.05, 3.63) is 72.1 Å². The molecule has 1 aromatic heterocycles. The fraction of sp³-hybridized carbons (Fsp3) is 0.500. The van der Waals surface area contributed by atoms with Crippen molar-refractivity contribution in [2.45, 2.75) is 64.4 Å². The second kappa shape index (κ2) is 10.7. The first-order chi connectivity index (χ1) is 17.5. The molecule has 4 rings (SSSR count). The fourth-order valence-corrected chi connectivity index (χ4v) is 4.64. The van der Waals surface area contributed by atoms with Crippen LogP contribution >= 0.6 is 0 Å². The molecule has 1 radical (unpaired) electrons. The average molecular weight is 514 g/mol. The first kappa shape index (κ1) is 27.0. The van der Waals surface area contributed by atoms with Crippen molar-refractivity contribution in [2.24, 2.45) is 5.92 Å². The van der Waals surface area contributed by atoms with Crippen LogP contribution in [-0.4, -0.2) is 58.8 Å². The summed E-state index contributed by atoms with van der Waals surface area (Å²) in [5.41, 5.74) is 1.18. The lowest BCUT2D eigenvalue weighted by atomic mass is 9.85. The number of allylic oxidation sites excluding steroid dienone is 1. The zero-order valence-corrected chi connectivity index (χ0v) is 22.0. The van der Waals surface area contributed by atoms with Crippen molar-refractivity contribution >= 4 is 11.9 Å². The molecular formula is C28H35F2N4O3. The predicted molar refractivity (Wildman–Crippen MR) is 137 cm³/mol. The van der Waals surface area contributed by atoms with Crippen LogP contribution < -0.4 is 4.90 Å². The van der Waals surface area contributed by atoms with E-state index in [1.54, 1.807) is 11.9 Å². The first-order valence-electron chi connectivity index (χ1n) is 12.6. The zero-order valence-electron chi connectivity index (χ0n) is 22.0. The number of hydrogen-bond donors (Lipinski definition) is 0. The van der Waals surface area contributed by atoms with E-state index in [0.29, 0.717) is 18.9 Å². The van der Waals surface area contributed by atoms with Gasteiger partial charge in [-0.05, 0) is 26.3 Å². The monoisotopic (exact) mass is 513 g/mol. The Hall–Kier alpha value is -3.07. The number of anilines is 1. The van der Waals surface area contributed by atoms with Gasteiger partial charge in [0.2, 0.25) is 0 Å². The standard InChI is InChI=1S/C28H35F2N4O3/c1-6-28(29,30)23-14-31-15-24(32-23)33(5)21-16-34(26(35)36-18-19-10-8-7-9-11-19)17-22(37-27(2,3)4)25(21)20-12-13-20/h7-15,21-22,25H,6,16-18H2,1-5H3/t21-,22-,25+/m0/s1. The third-order valence-electron chi connectivity index (χ3n) is 6.63. The Balaban J connectivity index is 1.61. The van der Waals surface area contributed by atoms with Gasteiger partial charge in [-0.1, -0.05) is 48.9 Å². The summed E-state index contributed by atoms with van der Waals surface area (Å²) in [6.07, 6.45) is 5.49. The summed E-state index contributed by atoms with van der Waals surface area (Å²) >= 11 is 0. The van der Waals surface area contributed by atoms with Gasteiger partial charge in [-0.3, -0.25) is 4.98 Å². The molecule has 2 aliphatic rings. The minimum Gasteiger partial charge on any atom is -0.445 e. The Morgan fingerprint density at radius 1 is 1.16 bits per heavy atom. The Morgan fingerprint density at radius 2 is 1.86 bits per heavy atom. The first-order valence-corrected chi connectivity index (χ1v) is 12.6. The SMILES string of the molecule is CCC(F)(F)c1cncc(N(C)[C@H]2CN(C(=O)OCc3ccccc3)C[C@H](OC(C)(C)C)[C@@H]2C2=C[CH]2)n1. The molecule has 7 nitrogen and oxygen atoms in total. The Labute approximate surface area is 217 Å². The van der Waals surface area contributed by atoms with E-state index >= 15 is 0 Å². The number of rotatable bonds is 8. The smallest absolute Gasteiger partial charge is 0.410 e. The van der Waals surface area contributed by atoms with Crippen LogP contribution in [0.1, 0.15) is 45.4 Å². The third-order valence-corrected chi connectivity index (χ3v) is 6.63. The molecule has 0 saturated carbocycles. The highest BCUT2D eigenvalue weighted by atomic mass is 19.3. The van der Waals surface area contributed by atoms with Crippen molar-refractivity contribution in [1.29, 1.82) is 0 Å². The summed E-state index contributed by atoms with van der Waals surface area (Å²) in [5, 5.41) is 0. The normalized spacial score (nSPS) is 21.9. The lowest BCUT2D eigenvalue weighted by Gasteiger charge is -2.47. The summed E-state index contributed by atoms with van der Waals surface area (Å²) < 4.78 is 40.9. The van der Waals surface area contributed by atoms with Crippen molar-refractivity contribution < 1.29 is 23.0 Å². The minimum atomic E-state index is -3.08. The number of carbonyl (C=O) groups is 1. The Kier molecular flexibility index (Phi) is 7.83. The van der Waals surface area contributed by atoms with Gasteiger partial charge in [0.1, 0.15) is 18.1 Å². The number of halogens is 2. The molecule has 2 aromatic rings. The average Bonchev–Trinajstić information content (AvgIpc) is 3.71. The van der Waals surface area contributed by atoms with E-state index in [9.17, 15) is 13.6 Å². The van der Waals surface area contributed by atoms with E-state index in [0.717, 1.165) is 17.3 Å². The number of likely N-dealkylation sites (N-methyl/N-ethyl adjacent to an activating group) is 1. The lowest BCUT2D eigenvalue weighted by Crippen LogP contribution is -2.60. The van der Waals surface area contributed by atoms with E-state index in [4.69, 9.17) is 9.47 Å². The van der Waals surface area contributed by atoms with E-state index in [1.807, 2.05) is 68.5 Å². The van der Waals surface area contributed by atoms with Gasteiger partial charge >= 0.3 is 6.09 Å². The van der Waals surface area contributed by atoms with Crippen molar-refractivity contribution in [1.82, 2.24) is 14.9 Å². The van der Waals surface area contributed by atoms with Gasteiger partial charge in [0.15, 0.2) is 0 Å². The molecule has 0 bridgehead atoms. The number of amides is 1. The largest absolute Gasteiger partial charge is 0.445 e. The Bertz CT molecular complexity index is 1120. The molecule has 1 aromatic carbocycles. The number of aromatic nitrogens is 2. The lowest BCUT2D eigenvalue weighted by molar-refractivity contribution is -0.105. The molecular weight excluding hydrogens is 478 g/mol. The summed E-state index contributed by atoms with van der Waals surface area (Å²) in [4.78, 5) is 25.0. The molecule has 1 aliphatic carbocycles. The number of likely N-dealkylation sites (tertiary alicyclic amines) is 1. The van der Waals surface area contributed by atoms with E-state index in [1.165, 1.54) is 13.1 Å². The minimum absolute atomic E-state index is 0.0838. The molecule has 0 spiro atoms. The Morgan fingerprint density at radius 3 is 2.49 bits per heavy atom. The summed E-state index contributed by atoms with van der Waals surface area (Å²) in [5.74, 6) is -2.84. The van der Waals surface area contributed by atoms with Crippen LogP contribution in [0.3, 0.4) is 0 Å². The van der Waals surface area contributed by atoms with E-state index in [2.05, 4.69) is 9.97 Å². The maximum Gasteiger partial charge on any atom is 0.410 e. The van der Waals surface area contributed by atoms with Crippen molar-refractivity contribution in [2.75, 3.05) is 25.0 Å². The maximum absolute atomic E-state index is 14.4. The molecule has 9 heteroatoms. The van der Waals surface area contributed by atoms with Gasteiger partial charge in [-0.25, -0.2) is 9.78 Å². The molecule has 0 N–H and O–H groups in total. The molecule has 199 valence electrons. The topological polar surface area (TPSA) is 67.8 Å². The maximum atomic E-state index is 14.4. The number of benzene rings is 1. The van der Waals surface area contributed by atoms with Crippen LogP contribution in [0.2, 0.25) is 0 Å². The van der Waals surface area contributed by atoms with Crippen LogP contribution in [0.25, 0.3) is 0 Å². The van der Waals surface area contributed by atoms with Gasteiger partial charge in [0.25, 0.3) is 5.92 Å². The number of piperidine rings is 1. The highest BCUT2D eigenvalue weighted by Gasteiger charge is 2.46. The van der Waals surface area contributed by atoms with Gasteiger partial charge in [-0.15, -0.1) is 0 Å². The van der Waals surface area contributed by atoms with Gasteiger partial charge in [-0.2, -0.15) is 8.78 Å². The predicted octanol–water partition coefficient (Wildman–Crippen LogP) is 5.38. The summed E-state index contributed by atoms with van der Waals surface area (Å²) in [6, 6.07) is 9.19. The summed E-state index contributed by atoms with van der Waals surface area (Å²) in [6.45, 7) is 8.17. The number of nitrogens with zero attached hydrogens (tertiary/aromatic N) is 4. The van der Waals surface area contributed by atoms with Crippen LogP contribution in [-0.2, 0) is 22.0 Å². The fourth-order valence-electron chi connectivity index (χ4n) is 4.64. The van der Waals surface area contributed by atoms with E-state index < -0.39 is 17.6 Å². The van der Waals surface area contributed by atoms with Gasteiger partial charge in [0.05, 0.1) is 36.7 Å². The molecule has 1 aliphatic heterocycles. The van der Waals surface area contributed by atoms with Crippen LogP contribution in [0.4, 0.5) is 19.4 Å². The molecule has 3 atom stereocenters. The molecule has 1 amide bonds. The zero-order chi connectivity index (χ0) is 26.8. The quantitative estimate of drug-likeness (QED) is 0.472. The van der Waals surface area contributed by atoms with Crippen LogP contribution in [0.5, 0.6) is 0 Å². The van der Waals surface area contributed by atoms with Crippen molar-refractivity contribution in [3.63, 3.8) is 0 Å². The number of hydrogen-bond acceptors (Lipinski definition) is 6. The number of carbonyl (C=O) groups excluding carboxylic acids is 1. The molecule has 37 heavy (non-hydrogen) atoms. The van der Waals surface area contributed by atoms with Gasteiger partial charge in [0, 0.05) is 32.4 Å².